The van der Waals surface area contributed by atoms with Crippen LogP contribution in [-0.2, 0) is 0 Å². The third-order valence-electron chi connectivity index (χ3n) is 3.08. The minimum atomic E-state index is 0.0366. The maximum absolute atomic E-state index is 6.27. The zero-order valence-corrected chi connectivity index (χ0v) is 12.8. The normalized spacial score (nSPS) is 12.3. The molecule has 0 aliphatic rings. The summed E-state index contributed by atoms with van der Waals surface area (Å²) in [6, 6.07) is 16.2. The van der Waals surface area contributed by atoms with Gasteiger partial charge in [-0.15, -0.1) is 0 Å². The molecule has 0 aromatic heterocycles. The first-order chi connectivity index (χ1) is 9.70. The first-order valence-electron chi connectivity index (χ1n) is 6.68. The van der Waals surface area contributed by atoms with Crippen molar-refractivity contribution in [2.24, 2.45) is 11.5 Å². The van der Waals surface area contributed by atoms with E-state index in [0.29, 0.717) is 6.54 Å². The van der Waals surface area contributed by atoms with E-state index in [1.54, 1.807) is 11.8 Å². The fourth-order valence-electron chi connectivity index (χ4n) is 2.00. The largest absolute Gasteiger partial charge is 0.330 e. The van der Waals surface area contributed by atoms with Gasteiger partial charge in [0.1, 0.15) is 0 Å². The molecule has 0 fully saturated rings. The van der Waals surface area contributed by atoms with Gasteiger partial charge in [0.25, 0.3) is 0 Å². The molecule has 0 radical (unpaired) electrons. The molecule has 2 aromatic rings. The van der Waals surface area contributed by atoms with Gasteiger partial charge in [0.15, 0.2) is 0 Å². The highest BCUT2D eigenvalue weighted by Gasteiger charge is 2.11. The summed E-state index contributed by atoms with van der Waals surface area (Å²) in [4.78, 5) is 2.35. The topological polar surface area (TPSA) is 52.0 Å². The summed E-state index contributed by atoms with van der Waals surface area (Å²) in [5.74, 6) is 0. The zero-order chi connectivity index (χ0) is 14.4. The van der Waals surface area contributed by atoms with Crippen LogP contribution in [0.4, 0.5) is 0 Å². The quantitative estimate of drug-likeness (QED) is 0.839. The summed E-state index contributed by atoms with van der Waals surface area (Å²) in [5, 5.41) is 0.752. The fourth-order valence-corrected chi connectivity index (χ4v) is 3.14. The molecule has 0 saturated carbocycles. The Kier molecular flexibility index (Phi) is 5.92. The average molecular weight is 307 g/mol. The Morgan fingerprint density at radius 2 is 1.75 bits per heavy atom. The number of halogens is 1. The number of nitrogens with two attached hydrogens (primary N) is 2. The monoisotopic (exact) mass is 306 g/mol. The molecular weight excluding hydrogens is 288 g/mol. The standard InChI is InChI=1S/C16H19ClN2S/c17-12-7-9-13(10-8-12)20-16-6-2-1-4-14(16)15(19)5-3-11-18/h1-2,4,6-10,15H,3,5,11,18-19H2/t15-/m1/s1. The highest BCUT2D eigenvalue weighted by Crippen LogP contribution is 2.34. The van der Waals surface area contributed by atoms with Gasteiger partial charge in [0, 0.05) is 20.9 Å². The van der Waals surface area contributed by atoms with Crippen molar-refractivity contribution in [3.05, 3.63) is 59.1 Å². The first kappa shape index (κ1) is 15.4. The van der Waals surface area contributed by atoms with Crippen LogP contribution in [0.25, 0.3) is 0 Å². The lowest BCUT2D eigenvalue weighted by atomic mass is 10.0. The molecule has 0 bridgehead atoms. The molecule has 2 rings (SSSR count). The van der Waals surface area contributed by atoms with E-state index in [4.69, 9.17) is 23.1 Å². The second-order valence-corrected chi connectivity index (χ2v) is 6.18. The zero-order valence-electron chi connectivity index (χ0n) is 11.3. The maximum atomic E-state index is 6.27. The van der Waals surface area contributed by atoms with Gasteiger partial charge in [-0.3, -0.25) is 0 Å². The summed E-state index contributed by atoms with van der Waals surface area (Å²) >= 11 is 7.63. The summed E-state index contributed by atoms with van der Waals surface area (Å²) < 4.78 is 0. The first-order valence-corrected chi connectivity index (χ1v) is 7.88. The van der Waals surface area contributed by atoms with Crippen LogP contribution >= 0.6 is 23.4 Å². The molecule has 0 saturated heterocycles. The van der Waals surface area contributed by atoms with Gasteiger partial charge in [0.2, 0.25) is 0 Å². The lowest BCUT2D eigenvalue weighted by molar-refractivity contribution is 0.610. The van der Waals surface area contributed by atoms with Crippen LogP contribution in [0, 0.1) is 0 Å². The smallest absolute Gasteiger partial charge is 0.0406 e. The average Bonchev–Trinajstić information content (AvgIpc) is 2.48. The Balaban J connectivity index is 2.17. The van der Waals surface area contributed by atoms with Crippen molar-refractivity contribution in [3.8, 4) is 0 Å². The van der Waals surface area contributed by atoms with Gasteiger partial charge in [-0.2, -0.15) is 0 Å². The van der Waals surface area contributed by atoms with Gasteiger partial charge >= 0.3 is 0 Å². The van der Waals surface area contributed by atoms with Gasteiger partial charge in [-0.1, -0.05) is 41.6 Å². The number of hydrogen-bond donors (Lipinski definition) is 2. The van der Waals surface area contributed by atoms with E-state index in [-0.39, 0.29) is 6.04 Å². The Bertz CT molecular complexity index is 542. The number of rotatable bonds is 6. The molecular formula is C16H19ClN2S. The second-order valence-electron chi connectivity index (χ2n) is 4.63. The summed E-state index contributed by atoms with van der Waals surface area (Å²) in [5.41, 5.74) is 13.0. The molecule has 0 unspecified atom stereocenters. The molecule has 0 amide bonds. The van der Waals surface area contributed by atoms with Gasteiger partial charge in [0.05, 0.1) is 0 Å². The molecule has 1 atom stereocenters. The van der Waals surface area contributed by atoms with E-state index in [9.17, 15) is 0 Å². The van der Waals surface area contributed by atoms with E-state index in [1.165, 1.54) is 10.5 Å². The molecule has 106 valence electrons. The van der Waals surface area contributed by atoms with Gasteiger partial charge in [-0.25, -0.2) is 0 Å². The van der Waals surface area contributed by atoms with Crippen LogP contribution in [0.5, 0.6) is 0 Å². The van der Waals surface area contributed by atoms with Crippen molar-refractivity contribution < 1.29 is 0 Å². The third kappa shape index (κ3) is 4.25. The third-order valence-corrected chi connectivity index (χ3v) is 4.43. The predicted molar refractivity (Wildman–Crippen MR) is 87.2 cm³/mol. The fraction of sp³-hybridized carbons (Fsp3) is 0.250. The van der Waals surface area contributed by atoms with Crippen LogP contribution in [0.3, 0.4) is 0 Å². The lowest BCUT2D eigenvalue weighted by Crippen LogP contribution is -2.13. The highest BCUT2D eigenvalue weighted by atomic mass is 35.5. The van der Waals surface area contributed by atoms with E-state index < -0.39 is 0 Å². The van der Waals surface area contributed by atoms with Crippen molar-refractivity contribution in [2.45, 2.75) is 28.7 Å². The Labute approximate surface area is 129 Å². The second kappa shape index (κ2) is 7.70. The van der Waals surface area contributed by atoms with E-state index >= 15 is 0 Å². The van der Waals surface area contributed by atoms with E-state index in [1.807, 2.05) is 36.4 Å². The van der Waals surface area contributed by atoms with Crippen LogP contribution in [-0.4, -0.2) is 6.54 Å². The summed E-state index contributed by atoms with van der Waals surface area (Å²) in [6.07, 6.45) is 1.86. The van der Waals surface area contributed by atoms with E-state index in [2.05, 4.69) is 12.1 Å². The Morgan fingerprint density at radius 3 is 2.45 bits per heavy atom. The van der Waals surface area contributed by atoms with Crippen molar-refractivity contribution in [1.82, 2.24) is 0 Å². The van der Waals surface area contributed by atoms with Crippen LogP contribution < -0.4 is 11.5 Å². The summed E-state index contributed by atoms with van der Waals surface area (Å²) in [7, 11) is 0. The molecule has 4 N–H and O–H groups in total. The molecule has 0 heterocycles. The molecule has 2 aromatic carbocycles. The molecule has 20 heavy (non-hydrogen) atoms. The predicted octanol–water partition coefficient (Wildman–Crippen LogP) is 4.23. The van der Waals surface area contributed by atoms with Crippen molar-refractivity contribution in [3.63, 3.8) is 0 Å². The van der Waals surface area contributed by atoms with Crippen molar-refractivity contribution >= 4 is 23.4 Å². The van der Waals surface area contributed by atoms with Crippen LogP contribution in [0.1, 0.15) is 24.4 Å². The number of hydrogen-bond acceptors (Lipinski definition) is 3. The SMILES string of the molecule is NCCC[C@@H](N)c1ccccc1Sc1ccc(Cl)cc1. The van der Waals surface area contributed by atoms with Crippen molar-refractivity contribution in [1.29, 1.82) is 0 Å². The number of benzene rings is 2. The van der Waals surface area contributed by atoms with Crippen LogP contribution in [0.15, 0.2) is 58.3 Å². The highest BCUT2D eigenvalue weighted by molar-refractivity contribution is 7.99. The minimum Gasteiger partial charge on any atom is -0.330 e. The lowest BCUT2D eigenvalue weighted by Gasteiger charge is -2.16. The maximum Gasteiger partial charge on any atom is 0.0406 e. The van der Waals surface area contributed by atoms with Gasteiger partial charge in [-0.05, 0) is 55.3 Å². The van der Waals surface area contributed by atoms with Crippen molar-refractivity contribution in [2.75, 3.05) is 6.54 Å². The molecule has 0 aliphatic carbocycles. The molecule has 0 aliphatic heterocycles. The van der Waals surface area contributed by atoms with E-state index in [0.717, 1.165) is 22.8 Å². The summed E-state index contributed by atoms with van der Waals surface area (Å²) in [6.45, 7) is 0.681. The molecule has 2 nitrogen and oxygen atoms in total. The van der Waals surface area contributed by atoms with Crippen LogP contribution in [0.2, 0.25) is 5.02 Å². The minimum absolute atomic E-state index is 0.0366. The molecule has 0 spiro atoms. The molecule has 4 heteroatoms. The Hall–Kier alpha value is -1.00. The van der Waals surface area contributed by atoms with Gasteiger partial charge < -0.3 is 11.5 Å². The Morgan fingerprint density at radius 1 is 1.05 bits per heavy atom.